The minimum absolute atomic E-state index is 0.217. The van der Waals surface area contributed by atoms with Gasteiger partial charge in [-0.2, -0.15) is 0 Å². The third-order valence-corrected chi connectivity index (χ3v) is 3.47. The molecule has 1 unspecified atom stereocenters. The van der Waals surface area contributed by atoms with Gasteiger partial charge in [-0.3, -0.25) is 0 Å². The second kappa shape index (κ2) is 4.71. The number of thiazole rings is 1. The molecular formula is C10H14N4OS. The van der Waals surface area contributed by atoms with Crippen LogP contribution in [-0.4, -0.2) is 15.3 Å². The molecule has 6 heteroatoms. The zero-order valence-corrected chi connectivity index (χ0v) is 10.3. The molecule has 0 aliphatic heterocycles. The van der Waals surface area contributed by atoms with Crippen LogP contribution in [0.1, 0.15) is 35.1 Å². The van der Waals surface area contributed by atoms with Crippen LogP contribution in [0.5, 0.6) is 0 Å². The van der Waals surface area contributed by atoms with Gasteiger partial charge < -0.3 is 5.32 Å². The molecule has 0 saturated heterocycles. The van der Waals surface area contributed by atoms with Gasteiger partial charge >= 0.3 is 0 Å². The van der Waals surface area contributed by atoms with Gasteiger partial charge in [0.1, 0.15) is 16.4 Å². The van der Waals surface area contributed by atoms with Crippen LogP contribution in [0, 0.1) is 13.8 Å². The van der Waals surface area contributed by atoms with E-state index in [2.05, 4.69) is 37.5 Å². The van der Waals surface area contributed by atoms with Gasteiger partial charge in [-0.1, -0.05) is 10.3 Å². The van der Waals surface area contributed by atoms with Crippen molar-refractivity contribution < 1.29 is 4.63 Å². The summed E-state index contributed by atoms with van der Waals surface area (Å²) in [5.74, 6) is 0. The van der Waals surface area contributed by atoms with Crippen LogP contribution in [0.4, 0.5) is 0 Å². The number of nitrogens with zero attached hydrogens (tertiary/aromatic N) is 3. The largest absolute Gasteiger partial charge is 0.302 e. The summed E-state index contributed by atoms with van der Waals surface area (Å²) in [6.07, 6.45) is 0. The lowest BCUT2D eigenvalue weighted by molar-refractivity contribution is 0.300. The maximum absolute atomic E-state index is 4.63. The highest BCUT2D eigenvalue weighted by Gasteiger charge is 2.11. The van der Waals surface area contributed by atoms with Crippen molar-refractivity contribution in [3.8, 4) is 0 Å². The van der Waals surface area contributed by atoms with Crippen molar-refractivity contribution in [2.75, 3.05) is 0 Å². The van der Waals surface area contributed by atoms with Crippen molar-refractivity contribution in [2.45, 2.75) is 33.4 Å². The molecule has 0 aliphatic rings. The molecule has 0 aliphatic carbocycles. The number of hydrogen-bond acceptors (Lipinski definition) is 6. The Morgan fingerprint density at radius 2 is 2.25 bits per heavy atom. The highest BCUT2D eigenvalue weighted by molar-refractivity contribution is 7.09. The standard InChI is InChI=1S/C10H14N4OS/c1-6-5-16-10(12-6)8(3)11-4-9-7(2)13-15-14-9/h5,8,11H,4H2,1-3H3. The molecule has 2 aromatic heterocycles. The van der Waals surface area contributed by atoms with E-state index in [-0.39, 0.29) is 6.04 Å². The van der Waals surface area contributed by atoms with Gasteiger partial charge in [-0.05, 0) is 20.8 Å². The Morgan fingerprint density at radius 1 is 1.44 bits per heavy atom. The van der Waals surface area contributed by atoms with Gasteiger partial charge in [-0.25, -0.2) is 9.61 Å². The second-order valence-corrected chi connectivity index (χ2v) is 4.62. The van der Waals surface area contributed by atoms with Crippen LogP contribution in [0.2, 0.25) is 0 Å². The van der Waals surface area contributed by atoms with E-state index in [4.69, 9.17) is 0 Å². The van der Waals surface area contributed by atoms with Crippen molar-refractivity contribution in [3.05, 3.63) is 27.5 Å². The first kappa shape index (κ1) is 11.2. The predicted octanol–water partition coefficient (Wildman–Crippen LogP) is 1.99. The Balaban J connectivity index is 1.93. The molecule has 0 amide bonds. The third kappa shape index (κ3) is 2.45. The summed E-state index contributed by atoms with van der Waals surface area (Å²) in [6.45, 7) is 6.61. The first-order valence-corrected chi connectivity index (χ1v) is 5.98. The fourth-order valence-electron chi connectivity index (χ4n) is 1.32. The first-order valence-electron chi connectivity index (χ1n) is 5.10. The maximum atomic E-state index is 4.63. The maximum Gasteiger partial charge on any atom is 0.121 e. The molecule has 2 rings (SSSR count). The van der Waals surface area contributed by atoms with Crippen LogP contribution >= 0.6 is 11.3 Å². The molecule has 0 spiro atoms. The number of rotatable bonds is 4. The Bertz CT molecular complexity index is 465. The fourth-order valence-corrected chi connectivity index (χ4v) is 2.15. The smallest absolute Gasteiger partial charge is 0.121 e. The number of aromatic nitrogens is 3. The Morgan fingerprint density at radius 3 is 2.81 bits per heavy atom. The Kier molecular flexibility index (Phi) is 3.31. The topological polar surface area (TPSA) is 63.8 Å². The quantitative estimate of drug-likeness (QED) is 0.882. The average Bonchev–Trinajstić information content (AvgIpc) is 2.84. The zero-order valence-electron chi connectivity index (χ0n) is 9.52. The highest BCUT2D eigenvalue weighted by atomic mass is 32.1. The molecular weight excluding hydrogens is 224 g/mol. The van der Waals surface area contributed by atoms with Crippen molar-refractivity contribution in [1.29, 1.82) is 0 Å². The minimum Gasteiger partial charge on any atom is -0.302 e. The van der Waals surface area contributed by atoms with Crippen molar-refractivity contribution in [3.63, 3.8) is 0 Å². The van der Waals surface area contributed by atoms with Gasteiger partial charge in [0.2, 0.25) is 0 Å². The van der Waals surface area contributed by atoms with Crippen LogP contribution in [0.25, 0.3) is 0 Å². The molecule has 2 aromatic rings. The molecule has 86 valence electrons. The summed E-state index contributed by atoms with van der Waals surface area (Å²) in [5, 5.41) is 14.0. The number of hydrogen-bond donors (Lipinski definition) is 1. The zero-order chi connectivity index (χ0) is 11.5. The van der Waals surface area contributed by atoms with Gasteiger partial charge in [0, 0.05) is 17.6 Å². The molecule has 2 heterocycles. The minimum atomic E-state index is 0.217. The van der Waals surface area contributed by atoms with E-state index in [0.29, 0.717) is 6.54 Å². The van der Waals surface area contributed by atoms with Crippen LogP contribution in [0.3, 0.4) is 0 Å². The van der Waals surface area contributed by atoms with E-state index < -0.39 is 0 Å². The lowest BCUT2D eigenvalue weighted by Crippen LogP contribution is -2.18. The molecule has 0 radical (unpaired) electrons. The molecule has 5 nitrogen and oxygen atoms in total. The Labute approximate surface area is 97.9 Å². The van der Waals surface area contributed by atoms with Gasteiger partial charge in [0.15, 0.2) is 0 Å². The average molecular weight is 238 g/mol. The molecule has 0 aromatic carbocycles. The molecule has 0 bridgehead atoms. The summed E-state index contributed by atoms with van der Waals surface area (Å²) in [5.41, 5.74) is 2.74. The third-order valence-electron chi connectivity index (χ3n) is 2.33. The molecule has 16 heavy (non-hydrogen) atoms. The molecule has 1 atom stereocenters. The summed E-state index contributed by atoms with van der Waals surface area (Å²) in [4.78, 5) is 4.43. The second-order valence-electron chi connectivity index (χ2n) is 3.73. The summed E-state index contributed by atoms with van der Waals surface area (Å²) < 4.78 is 4.63. The van der Waals surface area contributed by atoms with E-state index in [0.717, 1.165) is 22.1 Å². The lowest BCUT2D eigenvalue weighted by atomic mass is 10.3. The van der Waals surface area contributed by atoms with E-state index in [1.165, 1.54) is 0 Å². The fraction of sp³-hybridized carbons (Fsp3) is 0.500. The van der Waals surface area contributed by atoms with E-state index in [1.54, 1.807) is 11.3 Å². The van der Waals surface area contributed by atoms with Crippen LogP contribution in [-0.2, 0) is 6.54 Å². The van der Waals surface area contributed by atoms with Crippen molar-refractivity contribution in [1.82, 2.24) is 20.6 Å². The highest BCUT2D eigenvalue weighted by Crippen LogP contribution is 2.17. The summed E-state index contributed by atoms with van der Waals surface area (Å²) >= 11 is 1.67. The van der Waals surface area contributed by atoms with E-state index in [9.17, 15) is 0 Å². The first-order chi connectivity index (χ1) is 7.66. The van der Waals surface area contributed by atoms with Crippen LogP contribution in [0.15, 0.2) is 10.0 Å². The van der Waals surface area contributed by atoms with Crippen molar-refractivity contribution >= 4 is 11.3 Å². The summed E-state index contributed by atoms with van der Waals surface area (Å²) in [6, 6.07) is 0.217. The monoisotopic (exact) mass is 238 g/mol. The number of aryl methyl sites for hydroxylation is 2. The lowest BCUT2D eigenvalue weighted by Gasteiger charge is -2.09. The Hall–Kier alpha value is -1.27. The van der Waals surface area contributed by atoms with E-state index in [1.807, 2.05) is 13.8 Å². The van der Waals surface area contributed by atoms with Gasteiger partial charge in [0.25, 0.3) is 0 Å². The number of nitrogens with one attached hydrogen (secondary N) is 1. The van der Waals surface area contributed by atoms with Crippen LogP contribution < -0.4 is 5.32 Å². The normalized spacial score (nSPS) is 12.9. The molecule has 0 saturated carbocycles. The van der Waals surface area contributed by atoms with E-state index >= 15 is 0 Å². The predicted molar refractivity (Wildman–Crippen MR) is 61.1 cm³/mol. The van der Waals surface area contributed by atoms with Gasteiger partial charge in [0.05, 0.1) is 6.04 Å². The SMILES string of the molecule is Cc1csc(C(C)NCc2nonc2C)n1. The van der Waals surface area contributed by atoms with Gasteiger partial charge in [-0.15, -0.1) is 11.3 Å². The van der Waals surface area contributed by atoms with Crippen molar-refractivity contribution in [2.24, 2.45) is 0 Å². The summed E-state index contributed by atoms with van der Waals surface area (Å²) in [7, 11) is 0. The molecule has 0 fully saturated rings. The molecule has 1 N–H and O–H groups in total.